The lowest BCUT2D eigenvalue weighted by atomic mass is 10.3. The third-order valence-electron chi connectivity index (χ3n) is 1.77. The van der Waals surface area contributed by atoms with Gasteiger partial charge in [-0.1, -0.05) is 6.92 Å². The molecule has 72 valence electrons. The Hall–Kier alpha value is -1.07. The molecule has 3 N–H and O–H groups in total. The van der Waals surface area contributed by atoms with Gasteiger partial charge in [0.15, 0.2) is 0 Å². The maximum atomic E-state index is 11.5. The first kappa shape index (κ1) is 10.0. The smallest absolute Gasteiger partial charge is 0.0723 e. The van der Waals surface area contributed by atoms with Crippen molar-refractivity contribution in [3.8, 4) is 0 Å². The van der Waals surface area contributed by atoms with Crippen molar-refractivity contribution in [1.82, 2.24) is 0 Å². The van der Waals surface area contributed by atoms with E-state index in [1.807, 2.05) is 5.48 Å². The molecule has 0 aliphatic rings. The fourth-order valence-corrected chi connectivity index (χ4v) is 1.83. The molecule has 0 bridgehead atoms. The van der Waals surface area contributed by atoms with Crippen molar-refractivity contribution in [2.75, 3.05) is 11.2 Å². The van der Waals surface area contributed by atoms with E-state index in [-0.39, 0.29) is 0 Å². The van der Waals surface area contributed by atoms with Gasteiger partial charge in [0.2, 0.25) is 0 Å². The van der Waals surface area contributed by atoms with Crippen LogP contribution in [-0.2, 0) is 9.73 Å². The predicted molar refractivity (Wildman–Crippen MR) is 51.5 cm³/mol. The Morgan fingerprint density at radius 2 is 2.00 bits per heavy atom. The van der Waals surface area contributed by atoms with Crippen LogP contribution in [0.4, 0.5) is 5.69 Å². The van der Waals surface area contributed by atoms with Crippen LogP contribution < -0.4 is 5.48 Å². The molecule has 13 heavy (non-hydrogen) atoms. The molecule has 0 heterocycles. The molecule has 0 aromatic heterocycles. The van der Waals surface area contributed by atoms with Gasteiger partial charge in [0.05, 0.1) is 15.4 Å². The Labute approximate surface area is 77.5 Å². The second-order valence-electron chi connectivity index (χ2n) is 2.60. The monoisotopic (exact) mass is 200 g/mol. The minimum Gasteiger partial charge on any atom is -0.291 e. The maximum Gasteiger partial charge on any atom is 0.0723 e. The highest BCUT2D eigenvalue weighted by Crippen LogP contribution is 2.14. The second-order valence-corrected chi connectivity index (χ2v) is 5.00. The van der Waals surface area contributed by atoms with Crippen LogP contribution in [0.5, 0.6) is 0 Å². The predicted octanol–water partition coefficient (Wildman–Crippen LogP) is 1.91. The molecular formula is C8H12N2O2S. The highest BCUT2D eigenvalue weighted by Gasteiger charge is 2.05. The lowest BCUT2D eigenvalue weighted by molar-refractivity contribution is 0.389. The normalized spacial score (nSPS) is 14.9. The lowest BCUT2D eigenvalue weighted by Gasteiger charge is -2.04. The van der Waals surface area contributed by atoms with Crippen molar-refractivity contribution in [3.05, 3.63) is 24.3 Å². The zero-order valence-corrected chi connectivity index (χ0v) is 8.10. The van der Waals surface area contributed by atoms with E-state index >= 15 is 0 Å². The van der Waals surface area contributed by atoms with Crippen molar-refractivity contribution < 1.29 is 9.42 Å². The molecule has 0 saturated heterocycles. The number of benzene rings is 1. The molecule has 1 unspecified atom stereocenters. The quantitative estimate of drug-likeness (QED) is 0.652. The summed E-state index contributed by atoms with van der Waals surface area (Å²) in [6, 6.07) is 6.33. The maximum absolute atomic E-state index is 11.5. The molecule has 0 spiro atoms. The van der Waals surface area contributed by atoms with E-state index in [0.717, 1.165) is 0 Å². The Morgan fingerprint density at radius 3 is 2.38 bits per heavy atom. The Kier molecular flexibility index (Phi) is 2.90. The lowest BCUT2D eigenvalue weighted by Crippen LogP contribution is -2.01. The van der Waals surface area contributed by atoms with Gasteiger partial charge in [-0.2, -0.15) is 0 Å². The van der Waals surface area contributed by atoms with Crippen LogP contribution in [0.1, 0.15) is 6.92 Å². The molecule has 4 nitrogen and oxygen atoms in total. The zero-order chi connectivity index (χ0) is 9.90. The third-order valence-corrected chi connectivity index (χ3v) is 3.62. The van der Waals surface area contributed by atoms with E-state index in [2.05, 4.69) is 0 Å². The van der Waals surface area contributed by atoms with E-state index in [1.165, 1.54) is 0 Å². The topological polar surface area (TPSA) is 73.2 Å². The number of rotatable bonds is 3. The fourth-order valence-electron chi connectivity index (χ4n) is 0.916. The van der Waals surface area contributed by atoms with Crippen LogP contribution >= 0.6 is 0 Å². The van der Waals surface area contributed by atoms with Gasteiger partial charge in [-0.15, -0.1) is 0 Å². The average Bonchev–Trinajstić information content (AvgIpc) is 2.18. The fraction of sp³-hybridized carbons (Fsp3) is 0.250. The van der Waals surface area contributed by atoms with E-state index < -0.39 is 9.73 Å². The summed E-state index contributed by atoms with van der Waals surface area (Å²) < 4.78 is 19.0. The Morgan fingerprint density at radius 1 is 1.46 bits per heavy atom. The third kappa shape index (κ3) is 2.19. The summed E-state index contributed by atoms with van der Waals surface area (Å²) in [7, 11) is -2.63. The van der Waals surface area contributed by atoms with Crippen molar-refractivity contribution in [2.45, 2.75) is 11.8 Å². The van der Waals surface area contributed by atoms with Gasteiger partial charge >= 0.3 is 0 Å². The summed E-state index contributed by atoms with van der Waals surface area (Å²) in [5, 5.41) is 8.52. The summed E-state index contributed by atoms with van der Waals surface area (Å²) in [4.78, 5) is 0.494. The summed E-state index contributed by atoms with van der Waals surface area (Å²) in [5.41, 5.74) is 2.49. The summed E-state index contributed by atoms with van der Waals surface area (Å²) in [5.74, 6) is 0.304. The second kappa shape index (κ2) is 3.76. The van der Waals surface area contributed by atoms with Crippen molar-refractivity contribution in [3.63, 3.8) is 0 Å². The molecule has 0 aliphatic carbocycles. The van der Waals surface area contributed by atoms with E-state index in [9.17, 15) is 4.21 Å². The number of nitrogens with one attached hydrogen (secondary N) is 2. The van der Waals surface area contributed by atoms with Gasteiger partial charge in [-0.25, -0.2) is 8.99 Å². The van der Waals surface area contributed by atoms with Crippen LogP contribution in [0.15, 0.2) is 29.2 Å². The van der Waals surface area contributed by atoms with Gasteiger partial charge in [0, 0.05) is 10.6 Å². The summed E-state index contributed by atoms with van der Waals surface area (Å²) in [6.07, 6.45) is 0. The van der Waals surface area contributed by atoms with Gasteiger partial charge in [0.1, 0.15) is 0 Å². The minimum atomic E-state index is -2.63. The molecule has 0 amide bonds. The molecule has 1 atom stereocenters. The molecule has 1 rings (SSSR count). The number of hydrogen-bond acceptors (Lipinski definition) is 4. The van der Waals surface area contributed by atoms with Gasteiger partial charge in [0.25, 0.3) is 0 Å². The first-order valence-corrected chi connectivity index (χ1v) is 5.59. The van der Waals surface area contributed by atoms with Crippen molar-refractivity contribution in [1.29, 1.82) is 4.78 Å². The van der Waals surface area contributed by atoms with Gasteiger partial charge in [-0.3, -0.25) is 10.7 Å². The van der Waals surface area contributed by atoms with Crippen LogP contribution in [0.25, 0.3) is 0 Å². The van der Waals surface area contributed by atoms with E-state index in [1.54, 1.807) is 31.2 Å². The molecule has 1 aromatic rings. The molecule has 0 aliphatic heterocycles. The first-order valence-electron chi connectivity index (χ1n) is 3.87. The zero-order valence-electron chi connectivity index (χ0n) is 7.28. The summed E-state index contributed by atoms with van der Waals surface area (Å²) in [6.45, 7) is 1.72. The largest absolute Gasteiger partial charge is 0.291 e. The molecule has 0 fully saturated rings. The summed E-state index contributed by atoms with van der Waals surface area (Å²) >= 11 is 0. The van der Waals surface area contributed by atoms with Gasteiger partial charge < -0.3 is 0 Å². The van der Waals surface area contributed by atoms with Crippen LogP contribution in [0, 0.1) is 4.78 Å². The van der Waals surface area contributed by atoms with Crippen molar-refractivity contribution in [2.24, 2.45) is 0 Å². The highest BCUT2D eigenvalue weighted by molar-refractivity contribution is 7.92. The van der Waals surface area contributed by atoms with E-state index in [0.29, 0.717) is 16.3 Å². The van der Waals surface area contributed by atoms with Crippen molar-refractivity contribution >= 4 is 15.4 Å². The number of anilines is 1. The highest BCUT2D eigenvalue weighted by atomic mass is 32.2. The first-order chi connectivity index (χ1) is 6.10. The molecule has 5 heteroatoms. The standard InChI is InChI=1S/C8H12N2O2S/c1-2-13(9,12)8-5-3-7(10-11)4-6-8/h3-6,9-11H,2H2,1H3. The SMILES string of the molecule is CCS(=N)(=O)c1ccc(NO)cc1. The Bertz CT molecular complexity index is 370. The molecule has 1 aromatic carbocycles. The Balaban J connectivity index is 3.06. The van der Waals surface area contributed by atoms with Gasteiger partial charge in [-0.05, 0) is 24.3 Å². The van der Waals surface area contributed by atoms with Crippen LogP contribution in [0.3, 0.4) is 0 Å². The average molecular weight is 200 g/mol. The molecule has 0 radical (unpaired) electrons. The van der Waals surface area contributed by atoms with Crippen LogP contribution in [-0.4, -0.2) is 15.2 Å². The number of hydrogen-bond donors (Lipinski definition) is 3. The van der Waals surface area contributed by atoms with E-state index in [4.69, 9.17) is 9.99 Å². The minimum absolute atomic E-state index is 0.304. The molecule has 0 saturated carbocycles. The van der Waals surface area contributed by atoms with Crippen LogP contribution in [0.2, 0.25) is 0 Å². The molecular weight excluding hydrogens is 188 g/mol.